The molecule has 0 saturated carbocycles. The van der Waals surface area contributed by atoms with Crippen LogP contribution in [0.15, 0.2) is 24.3 Å². The van der Waals surface area contributed by atoms with Crippen LogP contribution in [0.1, 0.15) is 50.3 Å². The maximum atomic E-state index is 12.5. The Morgan fingerprint density at radius 2 is 2.05 bits per heavy atom. The van der Waals surface area contributed by atoms with Crippen molar-refractivity contribution in [1.82, 2.24) is 4.90 Å². The van der Waals surface area contributed by atoms with Crippen molar-refractivity contribution in [3.05, 3.63) is 35.4 Å². The zero-order valence-corrected chi connectivity index (χ0v) is 12.8. The number of nitrogens with zero attached hydrogens (tertiary/aromatic N) is 1. The van der Waals surface area contributed by atoms with Crippen molar-refractivity contribution in [1.29, 1.82) is 0 Å². The normalized spacial score (nSPS) is 24.1. The molecule has 0 aliphatic carbocycles. The molecule has 2 atom stereocenters. The Kier molecular flexibility index (Phi) is 4.81. The summed E-state index contributed by atoms with van der Waals surface area (Å²) < 4.78 is 0. The third kappa shape index (κ3) is 3.21. The van der Waals surface area contributed by atoms with Crippen molar-refractivity contribution < 1.29 is 4.79 Å². The van der Waals surface area contributed by atoms with Crippen LogP contribution >= 0.6 is 0 Å². The zero-order chi connectivity index (χ0) is 14.7. The summed E-state index contributed by atoms with van der Waals surface area (Å²) in [7, 11) is 0. The van der Waals surface area contributed by atoms with E-state index in [0.717, 1.165) is 19.4 Å². The van der Waals surface area contributed by atoms with Crippen molar-refractivity contribution in [2.75, 3.05) is 6.54 Å². The molecule has 110 valence electrons. The number of carbonyl (C=O) groups is 1. The number of amides is 1. The zero-order valence-electron chi connectivity index (χ0n) is 12.8. The van der Waals surface area contributed by atoms with E-state index < -0.39 is 0 Å². The van der Waals surface area contributed by atoms with Crippen molar-refractivity contribution in [3.63, 3.8) is 0 Å². The van der Waals surface area contributed by atoms with Gasteiger partial charge in [0.1, 0.15) is 0 Å². The Morgan fingerprint density at radius 3 is 2.70 bits per heavy atom. The van der Waals surface area contributed by atoms with Crippen LogP contribution < -0.4 is 5.73 Å². The molecule has 1 aromatic carbocycles. The average molecular weight is 274 g/mol. The molecule has 2 unspecified atom stereocenters. The van der Waals surface area contributed by atoms with Gasteiger partial charge in [-0.15, -0.1) is 0 Å². The second kappa shape index (κ2) is 6.40. The Labute approximate surface area is 122 Å². The molecule has 20 heavy (non-hydrogen) atoms. The first-order chi connectivity index (χ1) is 9.50. The predicted molar refractivity (Wildman–Crippen MR) is 82.3 cm³/mol. The van der Waals surface area contributed by atoms with Gasteiger partial charge < -0.3 is 10.6 Å². The van der Waals surface area contributed by atoms with Crippen molar-refractivity contribution in [2.45, 2.75) is 52.1 Å². The van der Waals surface area contributed by atoms with Crippen LogP contribution in [0.2, 0.25) is 0 Å². The van der Waals surface area contributed by atoms with E-state index in [1.54, 1.807) is 0 Å². The second-order valence-corrected chi connectivity index (χ2v) is 6.30. The molecular weight excluding hydrogens is 248 g/mol. The molecule has 0 aromatic heterocycles. The summed E-state index contributed by atoms with van der Waals surface area (Å²) >= 11 is 0. The fraction of sp³-hybridized carbons (Fsp3) is 0.588. The Balaban J connectivity index is 2.41. The molecule has 1 amide bonds. The highest BCUT2D eigenvalue weighted by molar-refractivity contribution is 5.77. The minimum Gasteiger partial charge on any atom is -0.334 e. The van der Waals surface area contributed by atoms with Crippen LogP contribution in [-0.4, -0.2) is 23.4 Å². The summed E-state index contributed by atoms with van der Waals surface area (Å²) in [5.41, 5.74) is 8.84. The van der Waals surface area contributed by atoms with Crippen LogP contribution in [0.5, 0.6) is 0 Å². The minimum absolute atomic E-state index is 0.0219. The Bertz CT molecular complexity index is 470. The second-order valence-electron chi connectivity index (χ2n) is 6.30. The number of likely N-dealkylation sites (tertiary alicyclic amines) is 1. The number of hydrogen-bond acceptors (Lipinski definition) is 2. The molecular formula is C17H26N2O. The summed E-state index contributed by atoms with van der Waals surface area (Å²) in [5, 5.41) is 0. The van der Waals surface area contributed by atoms with Crippen molar-refractivity contribution in [3.8, 4) is 0 Å². The van der Waals surface area contributed by atoms with Gasteiger partial charge >= 0.3 is 0 Å². The lowest BCUT2D eigenvalue weighted by atomic mass is 9.92. The predicted octanol–water partition coefficient (Wildman–Crippen LogP) is 3.03. The SMILES string of the molecule is Cc1ccccc1C1C(N)CCCC(=O)N1CC(C)C. The van der Waals surface area contributed by atoms with Gasteiger partial charge in [-0.05, 0) is 36.8 Å². The molecule has 1 aliphatic rings. The number of benzene rings is 1. The third-order valence-electron chi connectivity index (χ3n) is 4.06. The van der Waals surface area contributed by atoms with E-state index in [2.05, 4.69) is 32.9 Å². The largest absolute Gasteiger partial charge is 0.334 e. The topological polar surface area (TPSA) is 46.3 Å². The standard InChI is InChI=1S/C17H26N2O/c1-12(2)11-19-16(20)10-6-9-15(18)17(19)14-8-5-4-7-13(14)3/h4-5,7-8,12,15,17H,6,9-11,18H2,1-3H3. The first-order valence-electron chi connectivity index (χ1n) is 7.61. The van der Waals surface area contributed by atoms with E-state index in [4.69, 9.17) is 5.73 Å². The number of hydrogen-bond donors (Lipinski definition) is 1. The smallest absolute Gasteiger partial charge is 0.223 e. The quantitative estimate of drug-likeness (QED) is 0.921. The first kappa shape index (κ1) is 15.0. The molecule has 0 bridgehead atoms. The van der Waals surface area contributed by atoms with Crippen LogP contribution in [0.25, 0.3) is 0 Å². The average Bonchev–Trinajstić information content (AvgIpc) is 2.51. The molecule has 1 aliphatic heterocycles. The lowest BCUT2D eigenvalue weighted by Gasteiger charge is -2.36. The maximum Gasteiger partial charge on any atom is 0.223 e. The van der Waals surface area contributed by atoms with Crippen LogP contribution in [0.4, 0.5) is 0 Å². The summed E-state index contributed by atoms with van der Waals surface area (Å²) in [5.74, 6) is 0.704. The fourth-order valence-corrected chi connectivity index (χ4v) is 3.10. The number of carbonyl (C=O) groups excluding carboxylic acids is 1. The van der Waals surface area contributed by atoms with E-state index in [1.165, 1.54) is 11.1 Å². The molecule has 2 rings (SSSR count). The Morgan fingerprint density at radius 1 is 1.35 bits per heavy atom. The van der Waals surface area contributed by atoms with Gasteiger partial charge in [0.15, 0.2) is 0 Å². The van der Waals surface area contributed by atoms with Gasteiger partial charge in [0.2, 0.25) is 5.91 Å². The highest BCUT2D eigenvalue weighted by Crippen LogP contribution is 2.32. The van der Waals surface area contributed by atoms with Crippen LogP contribution in [-0.2, 0) is 4.79 Å². The van der Waals surface area contributed by atoms with Gasteiger partial charge in [0.05, 0.1) is 6.04 Å². The molecule has 3 heteroatoms. The lowest BCUT2D eigenvalue weighted by Crippen LogP contribution is -2.44. The van der Waals surface area contributed by atoms with Gasteiger partial charge in [-0.2, -0.15) is 0 Å². The molecule has 0 spiro atoms. The van der Waals surface area contributed by atoms with E-state index in [-0.39, 0.29) is 18.0 Å². The summed E-state index contributed by atoms with van der Waals surface area (Å²) in [6, 6.07) is 8.35. The van der Waals surface area contributed by atoms with Crippen LogP contribution in [0, 0.1) is 12.8 Å². The first-order valence-corrected chi connectivity index (χ1v) is 7.61. The Hall–Kier alpha value is -1.35. The molecule has 1 heterocycles. The number of aryl methyl sites for hydroxylation is 1. The van der Waals surface area contributed by atoms with Gasteiger partial charge in [-0.1, -0.05) is 38.1 Å². The minimum atomic E-state index is 0.0219. The van der Waals surface area contributed by atoms with Crippen molar-refractivity contribution in [2.24, 2.45) is 11.7 Å². The fourth-order valence-electron chi connectivity index (χ4n) is 3.10. The molecule has 3 nitrogen and oxygen atoms in total. The van der Waals surface area contributed by atoms with E-state index >= 15 is 0 Å². The number of nitrogens with two attached hydrogens (primary N) is 1. The highest BCUT2D eigenvalue weighted by Gasteiger charge is 2.33. The summed E-state index contributed by atoms with van der Waals surface area (Å²) in [6.45, 7) is 7.19. The van der Waals surface area contributed by atoms with Gasteiger partial charge in [0.25, 0.3) is 0 Å². The highest BCUT2D eigenvalue weighted by atomic mass is 16.2. The van der Waals surface area contributed by atoms with Crippen LogP contribution in [0.3, 0.4) is 0 Å². The third-order valence-corrected chi connectivity index (χ3v) is 4.06. The summed E-state index contributed by atoms with van der Waals surface area (Å²) in [6.07, 6.45) is 2.44. The van der Waals surface area contributed by atoms with Crippen molar-refractivity contribution >= 4 is 5.91 Å². The van der Waals surface area contributed by atoms with Gasteiger partial charge in [-0.25, -0.2) is 0 Å². The molecule has 0 radical (unpaired) electrons. The number of rotatable bonds is 3. The van der Waals surface area contributed by atoms with Gasteiger partial charge in [0, 0.05) is 19.0 Å². The molecule has 1 fully saturated rings. The lowest BCUT2D eigenvalue weighted by molar-refractivity contribution is -0.133. The monoisotopic (exact) mass is 274 g/mol. The van der Waals surface area contributed by atoms with E-state index in [1.807, 2.05) is 17.0 Å². The summed E-state index contributed by atoms with van der Waals surface area (Å²) in [4.78, 5) is 14.5. The molecule has 1 aromatic rings. The van der Waals surface area contributed by atoms with E-state index in [9.17, 15) is 4.79 Å². The van der Waals surface area contributed by atoms with Gasteiger partial charge in [-0.3, -0.25) is 4.79 Å². The molecule has 2 N–H and O–H groups in total. The van der Waals surface area contributed by atoms with E-state index in [0.29, 0.717) is 12.3 Å². The molecule has 1 saturated heterocycles. The maximum absolute atomic E-state index is 12.5.